The summed E-state index contributed by atoms with van der Waals surface area (Å²) in [4.78, 5) is 15.8. The van der Waals surface area contributed by atoms with Gasteiger partial charge in [0.2, 0.25) is 0 Å². The van der Waals surface area contributed by atoms with Gasteiger partial charge in [0.05, 0.1) is 24.0 Å². The molecule has 172 valence electrons. The number of hydrogen-bond acceptors (Lipinski definition) is 4. The van der Waals surface area contributed by atoms with Crippen LogP contribution in [-0.2, 0) is 10.2 Å². The highest BCUT2D eigenvalue weighted by molar-refractivity contribution is 5.67. The highest BCUT2D eigenvalue weighted by Crippen LogP contribution is 2.45. The Balaban J connectivity index is 1.82. The number of nitrogens with zero attached hydrogens (tertiary/aromatic N) is 1. The molecule has 6 heteroatoms. The number of halogens is 1. The molecule has 1 aliphatic heterocycles. The topological polar surface area (TPSA) is 90.1 Å². The van der Waals surface area contributed by atoms with Crippen LogP contribution in [0.5, 0.6) is 0 Å². The summed E-state index contributed by atoms with van der Waals surface area (Å²) in [6, 6.07) is 14.3. The van der Waals surface area contributed by atoms with E-state index in [2.05, 4.69) is 13.0 Å². The van der Waals surface area contributed by atoms with Crippen molar-refractivity contribution in [2.24, 2.45) is 10.9 Å². The molecule has 5 nitrogen and oxygen atoms in total. The molecule has 1 saturated carbocycles. The van der Waals surface area contributed by atoms with Crippen LogP contribution in [0.25, 0.3) is 6.08 Å². The van der Waals surface area contributed by atoms with Crippen LogP contribution < -0.4 is 10.6 Å². The number of rotatable bonds is 8. The lowest BCUT2D eigenvalue weighted by Crippen LogP contribution is -2.29. The number of allylic oxidation sites excluding steroid dienone is 3. The summed E-state index contributed by atoms with van der Waals surface area (Å²) in [5.41, 5.74) is 2.10. The Morgan fingerprint density at radius 3 is 2.55 bits per heavy atom. The van der Waals surface area contributed by atoms with Gasteiger partial charge in [-0.05, 0) is 54.3 Å². The number of carboxylic acids is 1. The summed E-state index contributed by atoms with van der Waals surface area (Å²) in [5, 5.41) is 31.1. The Morgan fingerprint density at radius 1 is 1.18 bits per heavy atom. The van der Waals surface area contributed by atoms with Crippen molar-refractivity contribution < 1.29 is 24.5 Å². The normalized spacial score (nSPS) is 22.2. The van der Waals surface area contributed by atoms with Crippen LogP contribution in [-0.4, -0.2) is 33.5 Å². The smallest absolute Gasteiger partial charge is 0.305 e. The maximum Gasteiger partial charge on any atom is 0.305 e. The second kappa shape index (κ2) is 9.41. The van der Waals surface area contributed by atoms with Gasteiger partial charge in [-0.1, -0.05) is 48.6 Å². The molecule has 0 spiro atoms. The van der Waals surface area contributed by atoms with Gasteiger partial charge in [-0.2, -0.15) is 0 Å². The number of carboxylic acid groups (broad SMARTS) is 1. The lowest BCUT2D eigenvalue weighted by molar-refractivity contribution is -0.139. The van der Waals surface area contributed by atoms with Gasteiger partial charge >= 0.3 is 5.97 Å². The standard InChI is InChI=1S/C27H28FNO4/c1-27(19-8-10-20(28)11-9-19)16-18-4-2-3-5-24(18)29-26(17-6-7-17)23(27)13-12-21(30)14-22(31)15-25(32)33/h2-5,8-13,16-17,21-22,30-31H,6-7,14-15H2,1H3,(H,32,33)/b13-12+. The molecule has 2 aliphatic rings. The molecule has 0 aromatic heterocycles. The van der Waals surface area contributed by atoms with E-state index in [4.69, 9.17) is 10.1 Å². The highest BCUT2D eigenvalue weighted by atomic mass is 19.1. The first-order valence-electron chi connectivity index (χ1n) is 11.2. The second-order valence-corrected chi connectivity index (χ2v) is 9.01. The Bertz CT molecular complexity index is 1210. The fourth-order valence-electron chi connectivity index (χ4n) is 4.37. The summed E-state index contributed by atoms with van der Waals surface area (Å²) in [6.45, 7) is 2.06. The Kier molecular flexibility index (Phi) is 6.58. The van der Waals surface area contributed by atoms with Crippen molar-refractivity contribution >= 4 is 12.0 Å². The van der Waals surface area contributed by atoms with Crippen molar-refractivity contribution in [3.8, 4) is 0 Å². The van der Waals surface area contributed by atoms with E-state index in [1.54, 1.807) is 18.2 Å². The largest absolute Gasteiger partial charge is 0.481 e. The van der Waals surface area contributed by atoms with Crippen molar-refractivity contribution in [1.29, 1.82) is 0 Å². The van der Waals surface area contributed by atoms with Crippen LogP contribution >= 0.6 is 0 Å². The lowest BCUT2D eigenvalue weighted by Gasteiger charge is -2.30. The predicted molar refractivity (Wildman–Crippen MR) is 123 cm³/mol. The Hall–Kier alpha value is -3.09. The number of fused-ring (bicyclic) bond motifs is 1. The minimum atomic E-state index is -1.14. The van der Waals surface area contributed by atoms with E-state index in [0.717, 1.165) is 40.3 Å². The molecule has 0 radical (unpaired) electrons. The van der Waals surface area contributed by atoms with Crippen molar-refractivity contribution in [3.63, 3.8) is 0 Å². The van der Waals surface area contributed by atoms with Gasteiger partial charge in [0.1, 0.15) is 5.82 Å². The van der Waals surface area contributed by atoms with Crippen molar-refractivity contribution in [1.82, 2.24) is 0 Å². The minimum Gasteiger partial charge on any atom is -0.481 e. The van der Waals surface area contributed by atoms with E-state index < -0.39 is 30.0 Å². The summed E-state index contributed by atoms with van der Waals surface area (Å²) < 4.78 is 13.7. The zero-order valence-corrected chi connectivity index (χ0v) is 18.5. The van der Waals surface area contributed by atoms with E-state index in [9.17, 15) is 19.4 Å². The van der Waals surface area contributed by atoms with Crippen LogP contribution in [0.15, 0.2) is 76.9 Å². The number of para-hydroxylation sites is 1. The number of carbonyl (C=O) groups is 1. The summed E-state index contributed by atoms with van der Waals surface area (Å²) in [6.07, 6.45) is 4.93. The van der Waals surface area contributed by atoms with E-state index in [1.807, 2.05) is 30.3 Å². The molecule has 1 aliphatic carbocycles. The molecule has 33 heavy (non-hydrogen) atoms. The van der Waals surface area contributed by atoms with E-state index >= 15 is 0 Å². The summed E-state index contributed by atoms with van der Waals surface area (Å²) >= 11 is 0. The first kappa shape index (κ1) is 23.1. The van der Waals surface area contributed by atoms with Gasteiger partial charge in [0.15, 0.2) is 0 Å². The zero-order valence-electron chi connectivity index (χ0n) is 18.5. The molecule has 4 rings (SSSR count). The quantitative estimate of drug-likeness (QED) is 0.578. The molecule has 1 fully saturated rings. The van der Waals surface area contributed by atoms with E-state index in [-0.39, 0.29) is 12.2 Å². The van der Waals surface area contributed by atoms with Gasteiger partial charge in [0, 0.05) is 23.5 Å². The van der Waals surface area contributed by atoms with Crippen LogP contribution in [0.3, 0.4) is 0 Å². The number of benzene rings is 2. The molecule has 3 unspecified atom stereocenters. The third kappa shape index (κ3) is 5.29. The van der Waals surface area contributed by atoms with E-state index in [1.165, 1.54) is 12.1 Å². The molecule has 2 aromatic carbocycles. The highest BCUT2D eigenvalue weighted by Gasteiger charge is 2.37. The van der Waals surface area contributed by atoms with Crippen LogP contribution in [0.2, 0.25) is 0 Å². The number of aliphatic carboxylic acids is 1. The van der Waals surface area contributed by atoms with Crippen LogP contribution in [0, 0.1) is 11.7 Å². The minimum absolute atomic E-state index is 0.0802. The number of aliphatic hydroxyl groups is 2. The average molecular weight is 450 g/mol. The van der Waals surface area contributed by atoms with Gasteiger partial charge in [-0.15, -0.1) is 0 Å². The molecule has 3 atom stereocenters. The SMILES string of the molecule is CC1(c2ccc(F)cc2)C=c2ccccc2=NC(C2CC2)=C1/C=C/C(O)CC(O)CC(=O)O. The second-order valence-electron chi connectivity index (χ2n) is 9.01. The fraction of sp³-hybridized carbons (Fsp3) is 0.333. The van der Waals surface area contributed by atoms with Crippen molar-refractivity contribution in [2.45, 2.75) is 50.2 Å². The molecule has 0 saturated heterocycles. The molecule has 3 N–H and O–H groups in total. The predicted octanol–water partition coefficient (Wildman–Crippen LogP) is 3.00. The first-order valence-corrected chi connectivity index (χ1v) is 11.2. The Morgan fingerprint density at radius 2 is 1.88 bits per heavy atom. The van der Waals surface area contributed by atoms with Gasteiger partial charge in [0.25, 0.3) is 0 Å². The van der Waals surface area contributed by atoms with Crippen LogP contribution in [0.4, 0.5) is 4.39 Å². The molecule has 0 amide bonds. The third-order valence-corrected chi connectivity index (χ3v) is 6.27. The fourth-order valence-corrected chi connectivity index (χ4v) is 4.37. The zero-order chi connectivity index (χ0) is 23.6. The number of hydrogen-bond donors (Lipinski definition) is 3. The maximum atomic E-state index is 13.7. The van der Waals surface area contributed by atoms with Gasteiger partial charge in [-0.25, -0.2) is 4.39 Å². The monoisotopic (exact) mass is 449 g/mol. The van der Waals surface area contributed by atoms with Crippen LogP contribution in [0.1, 0.15) is 38.2 Å². The molecular formula is C27H28FNO4. The molecule has 0 bridgehead atoms. The van der Waals surface area contributed by atoms with Crippen molar-refractivity contribution in [3.05, 3.63) is 93.9 Å². The Labute approximate surface area is 191 Å². The number of aliphatic hydroxyl groups excluding tert-OH is 2. The maximum absolute atomic E-state index is 13.7. The lowest BCUT2D eigenvalue weighted by atomic mass is 9.73. The van der Waals surface area contributed by atoms with Crippen molar-refractivity contribution in [2.75, 3.05) is 0 Å². The first-order chi connectivity index (χ1) is 15.8. The third-order valence-electron chi connectivity index (χ3n) is 6.27. The summed E-state index contributed by atoms with van der Waals surface area (Å²) in [5.74, 6) is -1.12. The summed E-state index contributed by atoms with van der Waals surface area (Å²) in [7, 11) is 0. The molecular weight excluding hydrogens is 421 g/mol. The molecule has 2 aromatic rings. The molecule has 1 heterocycles. The van der Waals surface area contributed by atoms with E-state index in [0.29, 0.717) is 5.92 Å². The van der Waals surface area contributed by atoms with Gasteiger partial charge < -0.3 is 15.3 Å². The van der Waals surface area contributed by atoms with Gasteiger partial charge in [-0.3, -0.25) is 9.79 Å². The average Bonchev–Trinajstić information content (AvgIpc) is 3.59.